The van der Waals surface area contributed by atoms with Crippen molar-refractivity contribution >= 4 is 22.9 Å². The molecule has 2 aromatic rings. The number of aryl methyl sites for hydroxylation is 2. The molecule has 130 valence electrons. The van der Waals surface area contributed by atoms with Crippen molar-refractivity contribution in [1.29, 1.82) is 0 Å². The van der Waals surface area contributed by atoms with Gasteiger partial charge in [0.25, 0.3) is 0 Å². The Morgan fingerprint density at radius 1 is 1.12 bits per heavy atom. The average molecular weight is 353 g/mol. The highest BCUT2D eigenvalue weighted by Crippen LogP contribution is 2.41. The molecule has 0 unspecified atom stereocenters. The van der Waals surface area contributed by atoms with Gasteiger partial charge in [-0.15, -0.1) is 11.3 Å². The highest BCUT2D eigenvalue weighted by Gasteiger charge is 2.25. The minimum absolute atomic E-state index is 0.191. The van der Waals surface area contributed by atoms with Crippen molar-refractivity contribution in [3.05, 3.63) is 62.3 Å². The minimum atomic E-state index is -0.191. The molecule has 2 aliphatic rings. The number of thiophene rings is 1. The van der Waals surface area contributed by atoms with Crippen LogP contribution in [0.3, 0.4) is 0 Å². The van der Waals surface area contributed by atoms with Gasteiger partial charge in [0.1, 0.15) is 4.88 Å². The van der Waals surface area contributed by atoms with Crippen molar-refractivity contribution in [3.8, 4) is 0 Å². The molecule has 1 fully saturated rings. The molecule has 3 nitrogen and oxygen atoms in total. The maximum Gasteiger partial charge on any atom is 0.348 e. The molecular weight excluding hydrogens is 330 g/mol. The summed E-state index contributed by atoms with van der Waals surface area (Å²) in [6.45, 7) is 4.34. The van der Waals surface area contributed by atoms with Gasteiger partial charge in [0.2, 0.25) is 0 Å². The lowest BCUT2D eigenvalue weighted by Crippen LogP contribution is -2.24. The Morgan fingerprint density at radius 2 is 1.92 bits per heavy atom. The van der Waals surface area contributed by atoms with Gasteiger partial charge >= 0.3 is 5.97 Å². The zero-order chi connectivity index (χ0) is 17.2. The number of hydrogen-bond acceptors (Lipinski definition) is 4. The molecule has 4 rings (SSSR count). The summed E-state index contributed by atoms with van der Waals surface area (Å²) in [6, 6.07) is 10.8. The molecule has 1 aliphatic carbocycles. The molecule has 0 atom stereocenters. The van der Waals surface area contributed by atoms with Gasteiger partial charge in [-0.3, -0.25) is 0 Å². The zero-order valence-electron chi connectivity index (χ0n) is 14.6. The normalized spacial score (nSPS) is 16.8. The summed E-state index contributed by atoms with van der Waals surface area (Å²) in [5.41, 5.74) is 6.92. The molecule has 4 heteroatoms. The summed E-state index contributed by atoms with van der Waals surface area (Å²) in [7, 11) is 0. The Kier molecular flexibility index (Phi) is 4.73. The van der Waals surface area contributed by atoms with Crippen LogP contribution >= 0.6 is 11.3 Å². The van der Waals surface area contributed by atoms with Crippen LogP contribution in [-0.4, -0.2) is 25.7 Å². The summed E-state index contributed by atoms with van der Waals surface area (Å²) in [6.07, 6.45) is 4.17. The largest absolute Gasteiger partial charge is 0.462 e. The summed E-state index contributed by atoms with van der Waals surface area (Å²) >= 11 is 1.61. The van der Waals surface area contributed by atoms with Crippen LogP contribution in [0.25, 0.3) is 5.57 Å². The van der Waals surface area contributed by atoms with Crippen molar-refractivity contribution in [2.24, 2.45) is 0 Å². The van der Waals surface area contributed by atoms with Gasteiger partial charge < -0.3 is 10.1 Å². The van der Waals surface area contributed by atoms with E-state index in [1.165, 1.54) is 32.7 Å². The predicted molar refractivity (Wildman–Crippen MR) is 102 cm³/mol. The number of benzene rings is 1. The fourth-order valence-electron chi connectivity index (χ4n) is 3.86. The Hall–Kier alpha value is -1.91. The maximum atomic E-state index is 12.2. The molecule has 0 bridgehead atoms. The van der Waals surface area contributed by atoms with Gasteiger partial charge in [0.05, 0.1) is 6.61 Å². The number of nitrogens with one attached hydrogen (secondary N) is 1. The number of hydrogen-bond donors (Lipinski definition) is 1. The van der Waals surface area contributed by atoms with E-state index < -0.39 is 0 Å². The molecule has 0 radical (unpaired) electrons. The molecule has 1 aromatic carbocycles. The smallest absolute Gasteiger partial charge is 0.348 e. The molecule has 0 amide bonds. The van der Waals surface area contributed by atoms with E-state index in [0.29, 0.717) is 6.61 Å². The standard InChI is InChI=1S/C21H23NO2S/c1-2-24-21(23)19-13-17-18(25-19)8-7-14-5-3-4-6-16(14)20(17)15-9-11-22-12-10-15/h3-6,13,22H,2,7-12H2,1H3. The highest BCUT2D eigenvalue weighted by molar-refractivity contribution is 7.14. The van der Waals surface area contributed by atoms with Crippen LogP contribution < -0.4 is 5.32 Å². The van der Waals surface area contributed by atoms with Gasteiger partial charge in [-0.2, -0.15) is 0 Å². The van der Waals surface area contributed by atoms with E-state index in [0.717, 1.165) is 43.6 Å². The van der Waals surface area contributed by atoms with Gasteiger partial charge in [0.15, 0.2) is 0 Å². The highest BCUT2D eigenvalue weighted by atomic mass is 32.1. The van der Waals surface area contributed by atoms with Gasteiger partial charge in [0, 0.05) is 4.88 Å². The first kappa shape index (κ1) is 16.6. The topological polar surface area (TPSA) is 38.3 Å². The van der Waals surface area contributed by atoms with Crippen molar-refractivity contribution < 1.29 is 9.53 Å². The van der Waals surface area contributed by atoms with Crippen molar-refractivity contribution in [2.75, 3.05) is 19.7 Å². The van der Waals surface area contributed by atoms with Gasteiger partial charge in [-0.05, 0) is 74.0 Å². The van der Waals surface area contributed by atoms with Crippen molar-refractivity contribution in [1.82, 2.24) is 5.32 Å². The second-order valence-corrected chi connectivity index (χ2v) is 7.69. The summed E-state index contributed by atoms with van der Waals surface area (Å²) in [5, 5.41) is 3.45. The monoisotopic (exact) mass is 353 g/mol. The molecular formula is C21H23NO2S. The molecule has 1 aromatic heterocycles. The molecule has 25 heavy (non-hydrogen) atoms. The van der Waals surface area contributed by atoms with Crippen LogP contribution in [0.4, 0.5) is 0 Å². The first-order valence-electron chi connectivity index (χ1n) is 9.09. The number of rotatable bonds is 2. The second kappa shape index (κ2) is 7.14. The number of ether oxygens (including phenoxy) is 1. The number of piperidine rings is 1. The second-order valence-electron chi connectivity index (χ2n) is 6.55. The third-order valence-corrected chi connectivity index (χ3v) is 6.20. The van der Waals surface area contributed by atoms with Gasteiger partial charge in [-0.1, -0.05) is 29.8 Å². The van der Waals surface area contributed by atoms with E-state index in [1.54, 1.807) is 11.3 Å². The summed E-state index contributed by atoms with van der Waals surface area (Å²) in [5.74, 6) is -0.191. The third kappa shape index (κ3) is 3.16. The Morgan fingerprint density at radius 3 is 2.72 bits per heavy atom. The molecule has 0 saturated carbocycles. The lowest BCUT2D eigenvalue weighted by molar-refractivity contribution is 0.0532. The lowest BCUT2D eigenvalue weighted by Gasteiger charge is -2.21. The maximum absolute atomic E-state index is 12.2. The lowest BCUT2D eigenvalue weighted by atomic mass is 9.88. The fraction of sp³-hybridized carbons (Fsp3) is 0.381. The van der Waals surface area contributed by atoms with Crippen LogP contribution in [0.15, 0.2) is 35.9 Å². The summed E-state index contributed by atoms with van der Waals surface area (Å²) in [4.78, 5) is 14.3. The van der Waals surface area contributed by atoms with Crippen LogP contribution in [0.2, 0.25) is 0 Å². The first-order chi connectivity index (χ1) is 12.3. The predicted octanol–water partition coefficient (Wildman–Crippen LogP) is 4.21. The van der Waals surface area contributed by atoms with Crippen LogP contribution in [-0.2, 0) is 17.6 Å². The van der Waals surface area contributed by atoms with E-state index in [4.69, 9.17) is 4.74 Å². The van der Waals surface area contributed by atoms with E-state index in [1.807, 2.05) is 6.92 Å². The Balaban J connectivity index is 1.88. The number of carbonyl (C=O) groups is 1. The molecule has 1 N–H and O–H groups in total. The molecule has 0 spiro atoms. The number of esters is 1. The van der Waals surface area contributed by atoms with Crippen molar-refractivity contribution in [3.63, 3.8) is 0 Å². The first-order valence-corrected chi connectivity index (χ1v) is 9.90. The van der Waals surface area contributed by atoms with E-state index in [9.17, 15) is 4.79 Å². The van der Waals surface area contributed by atoms with E-state index in [2.05, 4.69) is 35.6 Å². The molecule has 1 saturated heterocycles. The SMILES string of the molecule is CCOC(=O)c1cc2c(s1)CCc1ccccc1C2=C1CCNCC1. The number of fused-ring (bicyclic) bond motifs is 2. The molecule has 1 aliphatic heterocycles. The minimum Gasteiger partial charge on any atom is -0.462 e. The van der Waals surface area contributed by atoms with Crippen LogP contribution in [0.5, 0.6) is 0 Å². The zero-order valence-corrected chi connectivity index (χ0v) is 15.4. The fourth-order valence-corrected chi connectivity index (χ4v) is 4.92. The third-order valence-electron chi connectivity index (χ3n) is 5.02. The quantitative estimate of drug-likeness (QED) is 0.822. The average Bonchev–Trinajstić information content (AvgIpc) is 3.00. The summed E-state index contributed by atoms with van der Waals surface area (Å²) < 4.78 is 5.23. The van der Waals surface area contributed by atoms with E-state index >= 15 is 0 Å². The van der Waals surface area contributed by atoms with Crippen LogP contribution in [0.1, 0.15) is 51.0 Å². The van der Waals surface area contributed by atoms with E-state index in [-0.39, 0.29) is 5.97 Å². The Bertz CT molecular complexity index is 826. The van der Waals surface area contributed by atoms with Crippen molar-refractivity contribution in [2.45, 2.75) is 32.6 Å². The van der Waals surface area contributed by atoms with Crippen LogP contribution in [0, 0.1) is 0 Å². The molecule has 2 heterocycles. The Labute approximate surface area is 152 Å². The number of carbonyl (C=O) groups excluding carboxylic acids is 1. The van der Waals surface area contributed by atoms with Gasteiger partial charge in [-0.25, -0.2) is 4.79 Å².